The van der Waals surface area contributed by atoms with Crippen molar-refractivity contribution >= 4 is 43.7 Å². The van der Waals surface area contributed by atoms with Crippen molar-refractivity contribution in [1.29, 1.82) is 0 Å². The molecule has 1 aliphatic carbocycles. The molecule has 0 amide bonds. The predicted molar refractivity (Wildman–Crippen MR) is 253 cm³/mol. The Balaban J connectivity index is 1.05. The van der Waals surface area contributed by atoms with Gasteiger partial charge in [0.15, 0.2) is 17.5 Å². The summed E-state index contributed by atoms with van der Waals surface area (Å²) < 4.78 is 8.70. The molecular weight excluding hydrogens is 771 g/mol. The Morgan fingerprint density at radius 2 is 1.08 bits per heavy atom. The normalized spacial score (nSPS) is 14.4. The van der Waals surface area contributed by atoms with Crippen LogP contribution in [0, 0.1) is 0 Å². The Kier molecular flexibility index (Phi) is 7.72. The minimum Gasteiger partial charge on any atom is -0.456 e. The third-order valence-corrected chi connectivity index (χ3v) is 12.8. The summed E-state index contributed by atoms with van der Waals surface area (Å²) in [6.45, 7) is 0. The van der Waals surface area contributed by atoms with E-state index in [-0.39, 0.29) is 0 Å². The van der Waals surface area contributed by atoms with E-state index in [0.29, 0.717) is 17.5 Å². The number of nitrogens with zero attached hydrogens (tertiary/aromatic N) is 5. The van der Waals surface area contributed by atoms with Crippen molar-refractivity contribution in [3.05, 3.63) is 235 Å². The van der Waals surface area contributed by atoms with Crippen LogP contribution in [0.25, 0.3) is 94.7 Å². The van der Waals surface area contributed by atoms with Gasteiger partial charge in [0.2, 0.25) is 0 Å². The van der Waals surface area contributed by atoms with Crippen LogP contribution in [0.15, 0.2) is 217 Å². The van der Waals surface area contributed by atoms with E-state index in [0.717, 1.165) is 60.9 Å². The summed E-state index contributed by atoms with van der Waals surface area (Å²) in [6.07, 6.45) is 3.89. The van der Waals surface area contributed by atoms with Crippen molar-refractivity contribution in [3.63, 3.8) is 0 Å². The van der Waals surface area contributed by atoms with Crippen molar-refractivity contribution in [2.45, 2.75) is 5.41 Å². The Labute approximate surface area is 362 Å². The fourth-order valence-electron chi connectivity index (χ4n) is 10.2. The predicted octanol–water partition coefficient (Wildman–Crippen LogP) is 13.6. The standard InChI is InChI=1S/C57H35N5O/c1-3-16-36(17-4-1)54-59-55(61-56(60-54)44-26-14-30-52-53(44)43-25-9-12-29-51(43)63-52)37-18-13-22-40(32-37)62-49-28-11-8-24-42(49)46-33-45-41-23-7-10-27-47(41)57(48(45)34-50(46)62,38-19-5-2-6-20-38)39-21-15-31-58-35-39/h1-35H. The molecule has 1 unspecified atom stereocenters. The summed E-state index contributed by atoms with van der Waals surface area (Å²) in [6, 6.07) is 70.5. The van der Waals surface area contributed by atoms with Crippen molar-refractivity contribution in [3.8, 4) is 51.0 Å². The highest BCUT2D eigenvalue weighted by Gasteiger charge is 2.46. The highest BCUT2D eigenvalue weighted by atomic mass is 16.3. The summed E-state index contributed by atoms with van der Waals surface area (Å²) in [5, 5.41) is 4.38. The van der Waals surface area contributed by atoms with E-state index < -0.39 is 5.41 Å². The Morgan fingerprint density at radius 3 is 1.94 bits per heavy atom. The Hall–Kier alpha value is -8.48. The van der Waals surface area contributed by atoms with Gasteiger partial charge in [-0.15, -0.1) is 0 Å². The number of aromatic nitrogens is 5. The largest absolute Gasteiger partial charge is 0.456 e. The van der Waals surface area contributed by atoms with Crippen LogP contribution in [0.3, 0.4) is 0 Å². The number of para-hydroxylation sites is 2. The zero-order chi connectivity index (χ0) is 41.5. The zero-order valence-electron chi connectivity index (χ0n) is 33.9. The SMILES string of the molecule is c1ccc(-c2nc(-c3cccc(-n4c5ccccc5c5cc6c(cc54)C(c4ccccc4)(c4cccnc4)c4ccccc4-6)c3)nc(-c3cccc4oc5ccccc5c34)n2)cc1. The number of hydrogen-bond acceptors (Lipinski definition) is 5. The summed E-state index contributed by atoms with van der Waals surface area (Å²) >= 11 is 0. The molecule has 1 aliphatic rings. The van der Waals surface area contributed by atoms with Gasteiger partial charge in [-0.25, -0.2) is 15.0 Å². The number of hydrogen-bond donors (Lipinski definition) is 0. The van der Waals surface area contributed by atoms with Crippen molar-refractivity contribution in [2.75, 3.05) is 0 Å². The van der Waals surface area contributed by atoms with Gasteiger partial charge in [0.1, 0.15) is 11.2 Å². The van der Waals surface area contributed by atoms with Crippen LogP contribution in [0.4, 0.5) is 0 Å². The van der Waals surface area contributed by atoms with E-state index >= 15 is 0 Å². The molecule has 0 fully saturated rings. The summed E-state index contributed by atoms with van der Waals surface area (Å²) in [7, 11) is 0. The minimum absolute atomic E-state index is 0.584. The molecule has 0 bridgehead atoms. The molecule has 12 aromatic rings. The van der Waals surface area contributed by atoms with Crippen molar-refractivity contribution < 1.29 is 4.42 Å². The summed E-state index contributed by atoms with van der Waals surface area (Å²) in [5.41, 5.74) is 14.2. The molecule has 0 radical (unpaired) electrons. The minimum atomic E-state index is -0.586. The molecular formula is C57H35N5O. The first-order chi connectivity index (χ1) is 31.2. The van der Waals surface area contributed by atoms with Crippen LogP contribution >= 0.6 is 0 Å². The molecule has 8 aromatic carbocycles. The molecule has 4 aromatic heterocycles. The number of rotatable bonds is 6. The number of benzene rings is 8. The number of furan rings is 1. The molecule has 6 heteroatoms. The second-order valence-electron chi connectivity index (χ2n) is 16.2. The van der Waals surface area contributed by atoms with E-state index in [1.54, 1.807) is 0 Å². The van der Waals surface area contributed by atoms with E-state index in [9.17, 15) is 0 Å². The summed E-state index contributed by atoms with van der Waals surface area (Å²) in [5.74, 6) is 1.77. The van der Waals surface area contributed by atoms with Crippen LogP contribution in [-0.2, 0) is 5.41 Å². The molecule has 4 heterocycles. The first-order valence-corrected chi connectivity index (χ1v) is 21.2. The molecule has 6 nitrogen and oxygen atoms in total. The maximum Gasteiger partial charge on any atom is 0.164 e. The lowest BCUT2D eigenvalue weighted by Crippen LogP contribution is -2.28. The maximum atomic E-state index is 6.30. The van der Waals surface area contributed by atoms with Crippen LogP contribution in [0.5, 0.6) is 0 Å². The fraction of sp³-hybridized carbons (Fsp3) is 0.0175. The van der Waals surface area contributed by atoms with Crippen LogP contribution in [0.1, 0.15) is 22.3 Å². The van der Waals surface area contributed by atoms with Crippen molar-refractivity contribution in [2.24, 2.45) is 0 Å². The average Bonchev–Trinajstić information content (AvgIpc) is 4.00. The fourth-order valence-corrected chi connectivity index (χ4v) is 10.2. The summed E-state index contributed by atoms with van der Waals surface area (Å²) in [4.78, 5) is 20.3. The lowest BCUT2D eigenvalue weighted by molar-refractivity contribution is 0.669. The Bertz CT molecular complexity index is 3700. The highest BCUT2D eigenvalue weighted by molar-refractivity contribution is 6.13. The van der Waals surface area contributed by atoms with Crippen LogP contribution < -0.4 is 0 Å². The van der Waals surface area contributed by atoms with E-state index in [4.69, 9.17) is 24.4 Å². The van der Waals surface area contributed by atoms with Gasteiger partial charge in [0.05, 0.1) is 16.4 Å². The first kappa shape index (κ1) is 35.3. The number of pyridine rings is 1. The Morgan fingerprint density at radius 1 is 0.413 bits per heavy atom. The molecule has 0 spiro atoms. The molecule has 0 N–H and O–H groups in total. The van der Waals surface area contributed by atoms with E-state index in [1.807, 2.05) is 73.1 Å². The van der Waals surface area contributed by atoms with Gasteiger partial charge >= 0.3 is 0 Å². The third kappa shape index (κ3) is 5.25. The van der Waals surface area contributed by atoms with E-state index in [2.05, 4.69) is 144 Å². The van der Waals surface area contributed by atoms with Gasteiger partial charge in [-0.2, -0.15) is 0 Å². The molecule has 0 saturated heterocycles. The first-order valence-electron chi connectivity index (χ1n) is 21.2. The molecule has 1 atom stereocenters. The van der Waals surface area contributed by atoms with Gasteiger partial charge in [0, 0.05) is 56.3 Å². The smallest absolute Gasteiger partial charge is 0.164 e. The highest BCUT2D eigenvalue weighted by Crippen LogP contribution is 2.57. The molecule has 0 aliphatic heterocycles. The van der Waals surface area contributed by atoms with Gasteiger partial charge < -0.3 is 8.98 Å². The van der Waals surface area contributed by atoms with Gasteiger partial charge in [-0.05, 0) is 81.9 Å². The second kappa shape index (κ2) is 13.8. The quantitative estimate of drug-likeness (QED) is 0.167. The monoisotopic (exact) mass is 805 g/mol. The van der Waals surface area contributed by atoms with Crippen molar-refractivity contribution in [1.82, 2.24) is 24.5 Å². The maximum absolute atomic E-state index is 6.30. The van der Waals surface area contributed by atoms with Gasteiger partial charge in [-0.3, -0.25) is 4.98 Å². The van der Waals surface area contributed by atoms with Crippen LogP contribution in [-0.4, -0.2) is 24.5 Å². The van der Waals surface area contributed by atoms with Gasteiger partial charge in [0.25, 0.3) is 0 Å². The average molecular weight is 806 g/mol. The topological polar surface area (TPSA) is 69.6 Å². The third-order valence-electron chi connectivity index (χ3n) is 12.8. The van der Waals surface area contributed by atoms with E-state index in [1.165, 1.54) is 38.6 Å². The molecule has 13 rings (SSSR count). The lowest BCUT2D eigenvalue weighted by Gasteiger charge is -2.33. The van der Waals surface area contributed by atoms with Crippen LogP contribution in [0.2, 0.25) is 0 Å². The molecule has 0 saturated carbocycles. The zero-order valence-corrected chi connectivity index (χ0v) is 33.9. The lowest BCUT2D eigenvalue weighted by atomic mass is 9.68. The molecule has 294 valence electrons. The van der Waals surface area contributed by atoms with Gasteiger partial charge in [-0.1, -0.05) is 152 Å². The molecule has 63 heavy (non-hydrogen) atoms. The second-order valence-corrected chi connectivity index (χ2v) is 16.2. The number of fused-ring (bicyclic) bond motifs is 9.